The van der Waals surface area contributed by atoms with E-state index in [2.05, 4.69) is 22.6 Å². The molecule has 0 amide bonds. The van der Waals surface area contributed by atoms with Crippen molar-refractivity contribution in [3.63, 3.8) is 0 Å². The molecule has 0 atom stereocenters. The van der Waals surface area contributed by atoms with E-state index in [9.17, 15) is 13.2 Å². The summed E-state index contributed by atoms with van der Waals surface area (Å²) < 4.78 is 45.0. The zero-order chi connectivity index (χ0) is 17.5. The molecule has 0 aliphatic carbocycles. The van der Waals surface area contributed by atoms with Gasteiger partial charge in [-0.2, -0.15) is 0 Å². The SMILES string of the molecule is C=C=C1NC(OCc2cc(F)c(F)c(F)c2)=CC2=NC(C)(C)CN12. The van der Waals surface area contributed by atoms with Crippen LogP contribution in [-0.2, 0) is 11.3 Å². The van der Waals surface area contributed by atoms with Crippen molar-refractivity contribution in [2.75, 3.05) is 6.54 Å². The maximum atomic E-state index is 13.2. The monoisotopic (exact) mass is 335 g/mol. The second-order valence-corrected chi connectivity index (χ2v) is 6.19. The van der Waals surface area contributed by atoms with Crippen LogP contribution in [0.25, 0.3) is 0 Å². The molecule has 0 saturated carbocycles. The molecule has 0 radical (unpaired) electrons. The Balaban J connectivity index is 1.79. The highest BCUT2D eigenvalue weighted by Gasteiger charge is 2.35. The van der Waals surface area contributed by atoms with Gasteiger partial charge < -0.3 is 15.0 Å². The number of rotatable bonds is 3. The molecule has 7 heteroatoms. The summed E-state index contributed by atoms with van der Waals surface area (Å²) in [6.45, 7) is 8.17. The lowest BCUT2D eigenvalue weighted by atomic mass is 10.1. The molecular weight excluding hydrogens is 319 g/mol. The molecule has 0 bridgehead atoms. The van der Waals surface area contributed by atoms with Crippen molar-refractivity contribution >= 4 is 5.84 Å². The van der Waals surface area contributed by atoms with Crippen molar-refractivity contribution in [3.8, 4) is 0 Å². The number of amidine groups is 1. The molecule has 2 heterocycles. The molecule has 0 unspecified atom stereocenters. The number of fused-ring (bicyclic) bond motifs is 1. The van der Waals surface area contributed by atoms with Gasteiger partial charge in [0.25, 0.3) is 0 Å². The number of halogens is 3. The minimum absolute atomic E-state index is 0.131. The van der Waals surface area contributed by atoms with E-state index in [0.29, 0.717) is 24.1 Å². The maximum Gasteiger partial charge on any atom is 0.196 e. The van der Waals surface area contributed by atoms with E-state index in [1.165, 1.54) is 0 Å². The average Bonchev–Trinajstić information content (AvgIpc) is 2.83. The number of hydrogen-bond acceptors (Lipinski definition) is 4. The molecule has 1 N–H and O–H groups in total. The summed E-state index contributed by atoms with van der Waals surface area (Å²) in [5.74, 6) is -2.37. The van der Waals surface area contributed by atoms with Crippen LogP contribution in [0.2, 0.25) is 0 Å². The summed E-state index contributed by atoms with van der Waals surface area (Å²) >= 11 is 0. The van der Waals surface area contributed by atoms with E-state index >= 15 is 0 Å². The predicted molar refractivity (Wildman–Crippen MR) is 83.2 cm³/mol. The molecule has 0 spiro atoms. The fourth-order valence-electron chi connectivity index (χ4n) is 2.58. The van der Waals surface area contributed by atoms with Gasteiger partial charge in [0.2, 0.25) is 0 Å². The van der Waals surface area contributed by atoms with Crippen LogP contribution >= 0.6 is 0 Å². The second-order valence-electron chi connectivity index (χ2n) is 6.19. The number of nitrogens with one attached hydrogen (secondary N) is 1. The Labute approximate surface area is 137 Å². The van der Waals surface area contributed by atoms with Crippen molar-refractivity contribution < 1.29 is 17.9 Å². The smallest absolute Gasteiger partial charge is 0.196 e. The maximum absolute atomic E-state index is 13.2. The van der Waals surface area contributed by atoms with Crippen molar-refractivity contribution in [3.05, 3.63) is 65.2 Å². The van der Waals surface area contributed by atoms with Gasteiger partial charge in [0.1, 0.15) is 12.4 Å². The van der Waals surface area contributed by atoms with Crippen molar-refractivity contribution in [1.29, 1.82) is 0 Å². The van der Waals surface area contributed by atoms with E-state index in [1.54, 1.807) is 6.08 Å². The van der Waals surface area contributed by atoms with Crippen LogP contribution < -0.4 is 5.32 Å². The third kappa shape index (κ3) is 3.03. The molecule has 4 nitrogen and oxygen atoms in total. The normalized spacial score (nSPS) is 18.4. The van der Waals surface area contributed by atoms with Crippen LogP contribution in [0.4, 0.5) is 13.2 Å². The summed E-state index contributed by atoms with van der Waals surface area (Å²) in [6, 6.07) is 1.79. The molecule has 2 aliphatic rings. The van der Waals surface area contributed by atoms with Crippen molar-refractivity contribution in [2.45, 2.75) is 26.0 Å². The highest BCUT2D eigenvalue weighted by atomic mass is 19.2. The fourth-order valence-corrected chi connectivity index (χ4v) is 2.58. The van der Waals surface area contributed by atoms with Gasteiger partial charge >= 0.3 is 0 Å². The topological polar surface area (TPSA) is 36.9 Å². The first-order chi connectivity index (χ1) is 11.3. The molecule has 1 aromatic carbocycles. The predicted octanol–water partition coefficient (Wildman–Crippen LogP) is 3.18. The average molecular weight is 335 g/mol. The van der Waals surface area contributed by atoms with Crippen LogP contribution in [0.15, 0.2) is 47.2 Å². The molecule has 24 heavy (non-hydrogen) atoms. The molecule has 3 rings (SSSR count). The lowest BCUT2D eigenvalue weighted by Crippen LogP contribution is -2.40. The molecule has 0 saturated heterocycles. The quantitative estimate of drug-likeness (QED) is 0.681. The van der Waals surface area contributed by atoms with Crippen molar-refractivity contribution in [1.82, 2.24) is 10.2 Å². The summed E-state index contributed by atoms with van der Waals surface area (Å²) in [7, 11) is 0. The highest BCUT2D eigenvalue weighted by molar-refractivity contribution is 5.97. The van der Waals surface area contributed by atoms with Crippen LogP contribution in [0.1, 0.15) is 19.4 Å². The number of nitrogens with zero attached hydrogens (tertiary/aromatic N) is 2. The largest absolute Gasteiger partial charge is 0.474 e. The van der Waals surface area contributed by atoms with E-state index in [-0.39, 0.29) is 17.7 Å². The summed E-state index contributed by atoms with van der Waals surface area (Å²) in [5.41, 5.74) is 2.70. The van der Waals surface area contributed by atoms with E-state index in [0.717, 1.165) is 12.1 Å². The standard InChI is InChI=1S/C17H16F3N3O/c1-4-13-21-15(7-14-22-17(2,3)9-23(13)14)24-8-10-5-11(18)16(20)12(19)6-10/h5-7,21H,1,8-9H2,2-3H3. The number of benzene rings is 1. The minimum atomic E-state index is -1.50. The van der Waals surface area contributed by atoms with Crippen LogP contribution in [-0.4, -0.2) is 22.8 Å². The summed E-state index contributed by atoms with van der Waals surface area (Å²) in [5, 5.41) is 2.99. The van der Waals surface area contributed by atoms with Gasteiger partial charge in [0.05, 0.1) is 12.1 Å². The van der Waals surface area contributed by atoms with E-state index in [4.69, 9.17) is 4.74 Å². The second kappa shape index (κ2) is 5.76. The zero-order valence-electron chi connectivity index (χ0n) is 13.3. The lowest BCUT2D eigenvalue weighted by molar-refractivity contribution is 0.174. The van der Waals surface area contributed by atoms with Gasteiger partial charge in [-0.15, -0.1) is 0 Å². The Hall–Kier alpha value is -2.66. The molecule has 0 fully saturated rings. The van der Waals surface area contributed by atoms with Gasteiger partial charge in [0.15, 0.2) is 29.2 Å². The summed E-state index contributed by atoms with van der Waals surface area (Å²) in [4.78, 5) is 6.49. The molecule has 1 aromatic rings. The molecular formula is C17H16F3N3O. The van der Waals surface area contributed by atoms with Crippen molar-refractivity contribution in [2.24, 2.45) is 4.99 Å². The first kappa shape index (κ1) is 16.2. The van der Waals surface area contributed by atoms with Crippen LogP contribution in [0, 0.1) is 17.5 Å². The third-order valence-corrected chi connectivity index (χ3v) is 3.62. The van der Waals surface area contributed by atoms with E-state index < -0.39 is 17.5 Å². The molecule has 126 valence electrons. The highest BCUT2D eigenvalue weighted by Crippen LogP contribution is 2.27. The van der Waals surface area contributed by atoms with Gasteiger partial charge in [-0.05, 0) is 31.5 Å². The first-order valence-electron chi connectivity index (χ1n) is 7.31. The third-order valence-electron chi connectivity index (χ3n) is 3.62. The first-order valence-corrected chi connectivity index (χ1v) is 7.31. The van der Waals surface area contributed by atoms with Gasteiger partial charge in [-0.25, -0.2) is 13.2 Å². The van der Waals surface area contributed by atoms with Crippen LogP contribution in [0.3, 0.4) is 0 Å². The number of aliphatic imine (C=N–C) groups is 1. The van der Waals surface area contributed by atoms with Gasteiger partial charge in [-0.3, -0.25) is 4.99 Å². The Morgan fingerprint density at radius 1 is 1.33 bits per heavy atom. The Morgan fingerprint density at radius 2 is 2.00 bits per heavy atom. The summed E-state index contributed by atoms with van der Waals surface area (Å²) in [6.07, 6.45) is 1.69. The Kier molecular flexibility index (Phi) is 3.89. The Bertz CT molecular complexity index is 784. The fraction of sp³-hybridized carbons (Fsp3) is 0.294. The molecule has 2 aliphatic heterocycles. The zero-order valence-corrected chi connectivity index (χ0v) is 13.3. The molecule has 0 aromatic heterocycles. The number of ether oxygens (including phenoxy) is 1. The van der Waals surface area contributed by atoms with Gasteiger partial charge in [0, 0.05) is 6.08 Å². The Morgan fingerprint density at radius 3 is 2.62 bits per heavy atom. The van der Waals surface area contributed by atoms with E-state index in [1.807, 2.05) is 18.7 Å². The van der Waals surface area contributed by atoms with Gasteiger partial charge in [-0.1, -0.05) is 12.3 Å². The van der Waals surface area contributed by atoms with Crippen LogP contribution in [0.5, 0.6) is 0 Å². The lowest BCUT2D eigenvalue weighted by Gasteiger charge is -2.28. The number of hydrogen-bond donors (Lipinski definition) is 1. The minimum Gasteiger partial charge on any atom is -0.474 e.